The molecule has 0 saturated heterocycles. The van der Waals surface area contributed by atoms with Gasteiger partial charge in [-0.3, -0.25) is 0 Å². The smallest absolute Gasteiger partial charge is 0.178 e. The Morgan fingerprint density at radius 1 is 1.25 bits per heavy atom. The summed E-state index contributed by atoms with van der Waals surface area (Å²) in [5.74, 6) is 1.76. The Morgan fingerprint density at radius 3 is 2.65 bits per heavy atom. The summed E-state index contributed by atoms with van der Waals surface area (Å²) in [7, 11) is 0. The van der Waals surface area contributed by atoms with E-state index in [2.05, 4.69) is 57.3 Å². The molecule has 2 nitrogen and oxygen atoms in total. The molecule has 1 fully saturated rings. The Morgan fingerprint density at radius 2 is 1.95 bits per heavy atom. The lowest BCUT2D eigenvalue weighted by Crippen LogP contribution is -2.18. The molecular weight excluding hydrogens is 379 g/mol. The number of nitrogens with zero attached hydrogens (tertiary/aromatic N) is 1. The number of nitrogens with one attached hydrogen (secondary N) is 1. The fraction of sp³-hybridized carbons (Fsp3) is 0.562. The highest BCUT2D eigenvalue weighted by Gasteiger charge is 2.21. The van der Waals surface area contributed by atoms with Crippen molar-refractivity contribution in [3.63, 3.8) is 0 Å². The van der Waals surface area contributed by atoms with Gasteiger partial charge in [-0.25, -0.2) is 0 Å². The first kappa shape index (κ1) is 14.6. The van der Waals surface area contributed by atoms with Gasteiger partial charge in [0.25, 0.3) is 0 Å². The van der Waals surface area contributed by atoms with Crippen LogP contribution in [0.4, 0.5) is 0 Å². The zero-order valence-corrected chi connectivity index (χ0v) is 14.8. The van der Waals surface area contributed by atoms with Crippen molar-refractivity contribution in [3.8, 4) is 0 Å². The van der Waals surface area contributed by atoms with Crippen LogP contribution in [0.5, 0.6) is 0 Å². The maximum absolute atomic E-state index is 5.52. The van der Waals surface area contributed by atoms with Crippen molar-refractivity contribution in [3.05, 3.63) is 26.5 Å². The van der Waals surface area contributed by atoms with Gasteiger partial charge in [-0.2, -0.15) is 0 Å². The number of imidazole rings is 1. The molecule has 0 bridgehead atoms. The van der Waals surface area contributed by atoms with Gasteiger partial charge in [0, 0.05) is 10.1 Å². The fourth-order valence-corrected chi connectivity index (χ4v) is 4.17. The molecule has 1 aromatic carbocycles. The van der Waals surface area contributed by atoms with Gasteiger partial charge >= 0.3 is 0 Å². The maximum Gasteiger partial charge on any atom is 0.178 e. The second-order valence-corrected chi connectivity index (χ2v) is 7.63. The topological polar surface area (TPSA) is 20.7 Å². The highest BCUT2D eigenvalue weighted by atomic mass is 127. The molecule has 1 saturated carbocycles. The van der Waals surface area contributed by atoms with Crippen molar-refractivity contribution in [1.29, 1.82) is 0 Å². The Kier molecular flexibility index (Phi) is 4.50. The maximum atomic E-state index is 5.52. The van der Waals surface area contributed by atoms with Crippen LogP contribution in [0.25, 0.3) is 11.0 Å². The Labute approximate surface area is 139 Å². The lowest BCUT2D eigenvalue weighted by atomic mass is 9.81. The first-order valence-electron chi connectivity index (χ1n) is 7.55. The Bertz CT molecular complexity index is 650. The third kappa shape index (κ3) is 2.96. The first-order valence-corrected chi connectivity index (χ1v) is 9.04. The molecule has 108 valence electrons. The highest BCUT2D eigenvalue weighted by Crippen LogP contribution is 2.32. The molecule has 1 N–H and O–H groups in total. The van der Waals surface area contributed by atoms with Crippen LogP contribution in [0, 0.1) is 20.2 Å². The molecule has 4 heteroatoms. The van der Waals surface area contributed by atoms with E-state index < -0.39 is 0 Å². The number of hydrogen-bond acceptors (Lipinski definition) is 1. The molecule has 0 spiro atoms. The largest absolute Gasteiger partial charge is 0.331 e. The number of hydrogen-bond donors (Lipinski definition) is 1. The van der Waals surface area contributed by atoms with Crippen LogP contribution in [0.1, 0.15) is 39.0 Å². The third-order valence-corrected chi connectivity index (χ3v) is 5.71. The Hall–Kier alpha value is -0.360. The van der Waals surface area contributed by atoms with E-state index in [9.17, 15) is 0 Å². The lowest BCUT2D eigenvalue weighted by Gasteiger charge is -2.28. The molecule has 0 atom stereocenters. The van der Waals surface area contributed by atoms with Crippen LogP contribution in [-0.2, 0) is 6.54 Å². The molecule has 3 rings (SSSR count). The van der Waals surface area contributed by atoms with E-state index in [1.165, 1.54) is 46.7 Å². The predicted octanol–water partition coefficient (Wildman–Crippen LogP) is 5.52. The number of fused-ring (bicyclic) bond motifs is 1. The number of rotatable bonds is 3. The average Bonchev–Trinajstić information content (AvgIpc) is 2.75. The van der Waals surface area contributed by atoms with Crippen LogP contribution in [-0.4, -0.2) is 9.55 Å². The Balaban J connectivity index is 1.81. The summed E-state index contributed by atoms with van der Waals surface area (Å²) >= 11 is 7.86. The summed E-state index contributed by atoms with van der Waals surface area (Å²) in [4.78, 5) is 3.35. The van der Waals surface area contributed by atoms with E-state index in [0.29, 0.717) is 0 Å². The molecule has 0 aliphatic heterocycles. The van der Waals surface area contributed by atoms with Crippen molar-refractivity contribution in [2.24, 2.45) is 11.8 Å². The fourth-order valence-electron chi connectivity index (χ4n) is 3.40. The van der Waals surface area contributed by atoms with Crippen molar-refractivity contribution in [2.75, 3.05) is 0 Å². The molecule has 0 amide bonds. The van der Waals surface area contributed by atoms with Gasteiger partial charge in [0.1, 0.15) is 0 Å². The molecule has 1 aromatic heterocycles. The summed E-state index contributed by atoms with van der Waals surface area (Å²) in [6.45, 7) is 3.40. The molecule has 1 aliphatic rings. The van der Waals surface area contributed by atoms with E-state index in [4.69, 9.17) is 12.2 Å². The molecule has 1 heterocycles. The van der Waals surface area contributed by atoms with Crippen LogP contribution >= 0.6 is 34.8 Å². The molecular formula is C16H21IN2S. The monoisotopic (exact) mass is 400 g/mol. The van der Waals surface area contributed by atoms with E-state index >= 15 is 0 Å². The molecule has 1 aliphatic carbocycles. The molecule has 20 heavy (non-hydrogen) atoms. The number of aromatic nitrogens is 2. The van der Waals surface area contributed by atoms with E-state index in [-0.39, 0.29) is 0 Å². The molecule has 0 radical (unpaired) electrons. The third-order valence-electron chi connectivity index (χ3n) is 4.72. The average molecular weight is 400 g/mol. The zero-order chi connectivity index (χ0) is 14.1. The van der Waals surface area contributed by atoms with E-state index in [1.807, 2.05) is 0 Å². The van der Waals surface area contributed by atoms with Crippen LogP contribution in [0.3, 0.4) is 0 Å². The van der Waals surface area contributed by atoms with Gasteiger partial charge < -0.3 is 9.55 Å². The lowest BCUT2D eigenvalue weighted by molar-refractivity contribution is 0.248. The van der Waals surface area contributed by atoms with Crippen LogP contribution in [0.2, 0.25) is 0 Å². The summed E-state index contributed by atoms with van der Waals surface area (Å²) in [6, 6.07) is 6.53. The normalized spacial score (nSPS) is 23.3. The van der Waals surface area contributed by atoms with E-state index in [1.54, 1.807) is 0 Å². The van der Waals surface area contributed by atoms with Gasteiger partial charge in [0.05, 0.1) is 11.0 Å². The summed E-state index contributed by atoms with van der Waals surface area (Å²) in [5, 5.41) is 0. The minimum atomic E-state index is 0.794. The van der Waals surface area contributed by atoms with Crippen LogP contribution < -0.4 is 0 Å². The zero-order valence-electron chi connectivity index (χ0n) is 11.9. The predicted molar refractivity (Wildman–Crippen MR) is 95.6 cm³/mol. The van der Waals surface area contributed by atoms with Gasteiger partial charge in [0.2, 0.25) is 0 Å². The minimum absolute atomic E-state index is 0.794. The second-order valence-electron chi connectivity index (χ2n) is 6.00. The number of aromatic amines is 1. The van der Waals surface area contributed by atoms with Crippen molar-refractivity contribution < 1.29 is 0 Å². The van der Waals surface area contributed by atoms with Crippen LogP contribution in [0.15, 0.2) is 18.2 Å². The highest BCUT2D eigenvalue weighted by molar-refractivity contribution is 14.1. The summed E-state index contributed by atoms with van der Waals surface area (Å²) in [6.07, 6.45) is 6.86. The van der Waals surface area contributed by atoms with E-state index in [0.717, 1.165) is 23.2 Å². The summed E-state index contributed by atoms with van der Waals surface area (Å²) in [5.41, 5.74) is 2.43. The quantitative estimate of drug-likeness (QED) is 0.532. The van der Waals surface area contributed by atoms with Gasteiger partial charge in [0.15, 0.2) is 4.77 Å². The molecule has 2 aromatic rings. The van der Waals surface area contributed by atoms with Gasteiger partial charge in [-0.05, 0) is 77.7 Å². The van der Waals surface area contributed by atoms with Gasteiger partial charge in [-0.1, -0.05) is 26.2 Å². The molecule has 0 unspecified atom stereocenters. The number of H-pyrrole nitrogens is 1. The van der Waals surface area contributed by atoms with Crippen molar-refractivity contribution in [2.45, 2.75) is 45.6 Å². The van der Waals surface area contributed by atoms with Crippen molar-refractivity contribution >= 4 is 45.8 Å². The van der Waals surface area contributed by atoms with Crippen molar-refractivity contribution in [1.82, 2.24) is 9.55 Å². The summed E-state index contributed by atoms with van der Waals surface area (Å²) < 4.78 is 4.43. The SMILES string of the molecule is CCC1CCC(Cn2c(=S)[nH]c3cc(I)ccc32)CC1. The number of halogens is 1. The number of benzene rings is 1. The minimum Gasteiger partial charge on any atom is -0.331 e. The second kappa shape index (κ2) is 6.18. The van der Waals surface area contributed by atoms with Gasteiger partial charge in [-0.15, -0.1) is 0 Å². The standard InChI is InChI=1S/C16H21IN2S/c1-2-11-3-5-12(6-4-11)10-19-15-8-7-13(17)9-14(15)18-16(19)20/h7-9,11-12H,2-6,10H2,1H3,(H,18,20). The first-order chi connectivity index (χ1) is 9.67.